The molecule has 0 saturated heterocycles. The van der Waals surface area contributed by atoms with E-state index in [2.05, 4.69) is 5.32 Å². The van der Waals surface area contributed by atoms with Gasteiger partial charge in [0.2, 0.25) is 5.91 Å². The van der Waals surface area contributed by atoms with Crippen LogP contribution in [0.15, 0.2) is 76.3 Å². The normalized spacial score (nSPS) is 11.0. The quantitative estimate of drug-likeness (QED) is 0.519. The molecule has 162 valence electrons. The van der Waals surface area contributed by atoms with Crippen molar-refractivity contribution in [3.63, 3.8) is 0 Å². The number of hydrogen-bond donors (Lipinski definition) is 1. The molecule has 6 nitrogen and oxygen atoms in total. The summed E-state index contributed by atoms with van der Waals surface area (Å²) < 4.78 is 42.5. The second kappa shape index (κ2) is 8.54. The third-order valence-corrected chi connectivity index (χ3v) is 4.89. The van der Waals surface area contributed by atoms with Crippen LogP contribution in [-0.2, 0) is 17.9 Å². The Labute approximate surface area is 179 Å². The molecule has 1 aromatic heterocycles. The van der Waals surface area contributed by atoms with E-state index >= 15 is 0 Å². The third kappa shape index (κ3) is 4.18. The average molecular weight is 439 g/mol. The highest BCUT2D eigenvalue weighted by atomic mass is 19.1. The summed E-state index contributed by atoms with van der Waals surface area (Å²) in [6.07, 6.45) is 0. The molecule has 1 amide bonds. The third-order valence-electron chi connectivity index (χ3n) is 4.89. The molecule has 0 saturated carbocycles. The van der Waals surface area contributed by atoms with Gasteiger partial charge in [0.25, 0.3) is 5.56 Å². The summed E-state index contributed by atoms with van der Waals surface area (Å²) in [5.74, 6) is -2.82. The van der Waals surface area contributed by atoms with Gasteiger partial charge in [0.05, 0.1) is 23.1 Å². The fraction of sp³-hybridized carbons (Fsp3) is 0.0870. The maximum atomic E-state index is 13.9. The monoisotopic (exact) mass is 439 g/mol. The lowest BCUT2D eigenvalue weighted by Crippen LogP contribution is -2.42. The molecule has 3 aromatic carbocycles. The first-order chi connectivity index (χ1) is 15.3. The number of para-hydroxylation sites is 1. The minimum absolute atomic E-state index is 0.136. The van der Waals surface area contributed by atoms with E-state index in [0.29, 0.717) is 5.56 Å². The predicted molar refractivity (Wildman–Crippen MR) is 113 cm³/mol. The largest absolute Gasteiger partial charge is 0.332 e. The van der Waals surface area contributed by atoms with Crippen molar-refractivity contribution in [2.24, 2.45) is 0 Å². The molecule has 0 bridgehead atoms. The predicted octanol–water partition coefficient (Wildman–Crippen LogP) is 3.27. The van der Waals surface area contributed by atoms with Crippen LogP contribution in [0.2, 0.25) is 0 Å². The summed E-state index contributed by atoms with van der Waals surface area (Å²) in [7, 11) is 0. The summed E-state index contributed by atoms with van der Waals surface area (Å²) in [5.41, 5.74) is -0.978. The molecule has 0 unspecified atom stereocenters. The number of nitrogens with zero attached hydrogens (tertiary/aromatic N) is 2. The van der Waals surface area contributed by atoms with Crippen LogP contribution in [0.25, 0.3) is 10.9 Å². The van der Waals surface area contributed by atoms with Gasteiger partial charge in [0.1, 0.15) is 24.0 Å². The number of fused-ring (bicyclic) bond motifs is 1. The van der Waals surface area contributed by atoms with Crippen LogP contribution in [0.3, 0.4) is 0 Å². The zero-order valence-electron chi connectivity index (χ0n) is 16.5. The second-order valence-corrected chi connectivity index (χ2v) is 7.08. The van der Waals surface area contributed by atoms with Gasteiger partial charge in [-0.25, -0.2) is 18.0 Å². The van der Waals surface area contributed by atoms with Gasteiger partial charge in [-0.1, -0.05) is 24.3 Å². The van der Waals surface area contributed by atoms with Crippen LogP contribution in [-0.4, -0.2) is 15.0 Å². The number of halogens is 3. The van der Waals surface area contributed by atoms with Crippen LogP contribution in [0, 0.1) is 17.5 Å². The number of carbonyl (C=O) groups is 1. The molecular weight excluding hydrogens is 423 g/mol. The number of benzene rings is 3. The Balaban J connectivity index is 1.75. The van der Waals surface area contributed by atoms with Crippen LogP contribution in [0.4, 0.5) is 18.9 Å². The van der Waals surface area contributed by atoms with Crippen molar-refractivity contribution >= 4 is 22.5 Å². The van der Waals surface area contributed by atoms with E-state index in [-0.39, 0.29) is 23.1 Å². The summed E-state index contributed by atoms with van der Waals surface area (Å²) in [4.78, 5) is 38.6. The van der Waals surface area contributed by atoms with Gasteiger partial charge in [-0.15, -0.1) is 0 Å². The topological polar surface area (TPSA) is 73.1 Å². The van der Waals surface area contributed by atoms with Gasteiger partial charge >= 0.3 is 5.69 Å². The lowest BCUT2D eigenvalue weighted by Gasteiger charge is -2.14. The zero-order chi connectivity index (χ0) is 22.8. The van der Waals surface area contributed by atoms with Crippen molar-refractivity contribution in [1.29, 1.82) is 0 Å². The maximum Gasteiger partial charge on any atom is 0.332 e. The van der Waals surface area contributed by atoms with Crippen LogP contribution in [0.1, 0.15) is 5.56 Å². The molecule has 0 aliphatic heterocycles. The molecule has 4 aromatic rings. The number of anilines is 1. The number of hydrogen-bond acceptors (Lipinski definition) is 3. The van der Waals surface area contributed by atoms with E-state index in [4.69, 9.17) is 0 Å². The Hall–Kier alpha value is -4.14. The molecule has 4 rings (SSSR count). The first kappa shape index (κ1) is 21.1. The van der Waals surface area contributed by atoms with Gasteiger partial charge in [-0.05, 0) is 42.0 Å². The summed E-state index contributed by atoms with van der Waals surface area (Å²) >= 11 is 0. The highest BCUT2D eigenvalue weighted by Crippen LogP contribution is 2.16. The standard InChI is InChI=1S/C23H16F3N3O3/c24-15-7-5-14(6-8-15)12-29-22(31)17-3-1-2-4-20(17)28(23(29)32)13-21(30)27-19-11-16(25)9-10-18(19)26/h1-11H,12-13H2,(H,27,30). The van der Waals surface area contributed by atoms with E-state index in [0.717, 1.165) is 27.3 Å². The van der Waals surface area contributed by atoms with Gasteiger partial charge in [0.15, 0.2) is 0 Å². The van der Waals surface area contributed by atoms with Crippen molar-refractivity contribution in [2.75, 3.05) is 5.32 Å². The Morgan fingerprint density at radius 3 is 2.28 bits per heavy atom. The number of carbonyl (C=O) groups excluding carboxylic acids is 1. The van der Waals surface area contributed by atoms with Crippen LogP contribution < -0.4 is 16.6 Å². The molecule has 9 heteroatoms. The number of nitrogens with one attached hydrogen (secondary N) is 1. The smallest absolute Gasteiger partial charge is 0.322 e. The summed E-state index contributed by atoms with van der Waals surface area (Å²) in [6.45, 7) is -0.679. The fourth-order valence-electron chi connectivity index (χ4n) is 3.36. The van der Waals surface area contributed by atoms with Crippen LogP contribution >= 0.6 is 0 Å². The highest BCUT2D eigenvalue weighted by molar-refractivity contribution is 5.91. The number of rotatable bonds is 5. The summed E-state index contributed by atoms with van der Waals surface area (Å²) in [5, 5.41) is 2.43. The fourth-order valence-corrected chi connectivity index (χ4v) is 3.36. The molecule has 0 spiro atoms. The van der Waals surface area contributed by atoms with E-state index in [1.54, 1.807) is 12.1 Å². The minimum Gasteiger partial charge on any atom is -0.322 e. The molecule has 0 atom stereocenters. The van der Waals surface area contributed by atoms with Crippen molar-refractivity contribution < 1.29 is 18.0 Å². The summed E-state index contributed by atoms with van der Waals surface area (Å²) in [6, 6.07) is 14.2. The molecule has 0 radical (unpaired) electrons. The lowest BCUT2D eigenvalue weighted by molar-refractivity contribution is -0.116. The molecule has 1 heterocycles. The average Bonchev–Trinajstić information content (AvgIpc) is 2.78. The maximum absolute atomic E-state index is 13.9. The Kier molecular flexibility index (Phi) is 5.63. The van der Waals surface area contributed by atoms with E-state index < -0.39 is 41.2 Å². The first-order valence-corrected chi connectivity index (χ1v) is 9.55. The van der Waals surface area contributed by atoms with Gasteiger partial charge in [0, 0.05) is 6.07 Å². The van der Waals surface area contributed by atoms with Crippen molar-refractivity contribution in [3.8, 4) is 0 Å². The lowest BCUT2D eigenvalue weighted by atomic mass is 10.2. The Morgan fingerprint density at radius 2 is 1.53 bits per heavy atom. The molecule has 1 N–H and O–H groups in total. The Morgan fingerprint density at radius 1 is 0.844 bits per heavy atom. The Bertz CT molecular complexity index is 1440. The van der Waals surface area contributed by atoms with Gasteiger partial charge in [-0.2, -0.15) is 0 Å². The van der Waals surface area contributed by atoms with Gasteiger partial charge < -0.3 is 5.32 Å². The second-order valence-electron chi connectivity index (χ2n) is 7.08. The zero-order valence-corrected chi connectivity index (χ0v) is 16.5. The van der Waals surface area contributed by atoms with E-state index in [1.807, 2.05) is 0 Å². The molecular formula is C23H16F3N3O3. The number of amides is 1. The van der Waals surface area contributed by atoms with Crippen molar-refractivity contribution in [2.45, 2.75) is 13.1 Å². The van der Waals surface area contributed by atoms with Crippen molar-refractivity contribution in [3.05, 3.63) is 111 Å². The highest BCUT2D eigenvalue weighted by Gasteiger charge is 2.16. The van der Waals surface area contributed by atoms with E-state index in [9.17, 15) is 27.6 Å². The minimum atomic E-state index is -0.835. The molecule has 32 heavy (non-hydrogen) atoms. The van der Waals surface area contributed by atoms with Crippen LogP contribution in [0.5, 0.6) is 0 Å². The SMILES string of the molecule is O=C(Cn1c(=O)n(Cc2ccc(F)cc2)c(=O)c2ccccc21)Nc1cc(F)ccc1F. The molecule has 0 aliphatic carbocycles. The number of aromatic nitrogens is 2. The van der Waals surface area contributed by atoms with Crippen molar-refractivity contribution in [1.82, 2.24) is 9.13 Å². The van der Waals surface area contributed by atoms with E-state index in [1.165, 1.54) is 36.4 Å². The van der Waals surface area contributed by atoms with Gasteiger partial charge in [-0.3, -0.25) is 18.7 Å². The first-order valence-electron chi connectivity index (χ1n) is 9.55. The molecule has 0 fully saturated rings. The molecule has 0 aliphatic rings.